The van der Waals surface area contributed by atoms with Gasteiger partial charge >= 0.3 is 6.18 Å². The molecule has 0 spiro atoms. The largest absolute Gasteiger partial charge is 0.404 e. The first-order valence-electron chi connectivity index (χ1n) is 9.90. The lowest BCUT2D eigenvalue weighted by molar-refractivity contribution is -0.147. The van der Waals surface area contributed by atoms with Crippen molar-refractivity contribution in [2.24, 2.45) is 0 Å². The summed E-state index contributed by atoms with van der Waals surface area (Å²) in [6, 6.07) is 7.91. The van der Waals surface area contributed by atoms with Gasteiger partial charge in [-0.05, 0) is 38.1 Å². The number of sulfonamides is 1. The van der Waals surface area contributed by atoms with Crippen LogP contribution in [-0.4, -0.2) is 40.2 Å². The third-order valence-electron chi connectivity index (χ3n) is 5.13. The standard InChI is InChI=1S/C22H17F3N6O2S/c1-13-3-6-19-16(9-13)17(10-26)21(31(19)20-12-27-7-8-28-20)18-5-4-15(11-29-18)34(32,33)30-14(2)22(23,24)25/h3-9,11-12,14,30H,1-2H3/t14-/m0/s1. The Labute approximate surface area is 192 Å². The average Bonchev–Trinajstić information content (AvgIpc) is 3.12. The van der Waals surface area contributed by atoms with E-state index >= 15 is 0 Å². The maximum atomic E-state index is 12.8. The molecular formula is C22H17F3N6O2S. The smallest absolute Gasteiger partial charge is 0.290 e. The molecule has 174 valence electrons. The SMILES string of the molecule is Cc1ccc2c(c1)c(C#N)c(-c1ccc(S(=O)(=O)N[C@@H](C)C(F)(F)F)cn1)n2-c1cnccn1. The van der Waals surface area contributed by atoms with E-state index in [9.17, 15) is 26.9 Å². The van der Waals surface area contributed by atoms with Crippen molar-refractivity contribution in [1.29, 1.82) is 5.26 Å². The fourth-order valence-corrected chi connectivity index (χ4v) is 4.63. The van der Waals surface area contributed by atoms with Crippen LogP contribution in [0, 0.1) is 18.3 Å². The quantitative estimate of drug-likeness (QED) is 0.458. The van der Waals surface area contributed by atoms with E-state index in [1.54, 1.807) is 9.29 Å². The Morgan fingerprint density at radius 3 is 2.47 bits per heavy atom. The molecule has 0 bridgehead atoms. The number of aryl methyl sites for hydroxylation is 1. The number of alkyl halides is 3. The minimum absolute atomic E-state index is 0.235. The second kappa shape index (κ2) is 8.51. The van der Waals surface area contributed by atoms with Crippen LogP contribution < -0.4 is 4.72 Å². The molecule has 0 saturated heterocycles. The summed E-state index contributed by atoms with van der Waals surface area (Å²) in [7, 11) is -4.48. The van der Waals surface area contributed by atoms with Crippen molar-refractivity contribution < 1.29 is 21.6 Å². The van der Waals surface area contributed by atoms with Crippen molar-refractivity contribution in [3.05, 3.63) is 66.2 Å². The monoisotopic (exact) mass is 486 g/mol. The highest BCUT2D eigenvalue weighted by atomic mass is 32.2. The van der Waals surface area contributed by atoms with E-state index in [1.165, 1.54) is 24.7 Å². The highest BCUT2D eigenvalue weighted by Crippen LogP contribution is 2.35. The lowest BCUT2D eigenvalue weighted by Crippen LogP contribution is -2.42. The van der Waals surface area contributed by atoms with Gasteiger partial charge in [-0.15, -0.1) is 0 Å². The number of fused-ring (bicyclic) bond motifs is 1. The molecule has 1 N–H and O–H groups in total. The minimum Gasteiger partial charge on any atom is -0.290 e. The molecule has 0 aliphatic carbocycles. The number of benzene rings is 1. The predicted molar refractivity (Wildman–Crippen MR) is 117 cm³/mol. The van der Waals surface area contributed by atoms with E-state index in [1.807, 2.05) is 25.1 Å². The van der Waals surface area contributed by atoms with Gasteiger partial charge in [0.25, 0.3) is 0 Å². The third-order valence-corrected chi connectivity index (χ3v) is 6.65. The molecule has 3 aromatic heterocycles. The number of hydrogen-bond donors (Lipinski definition) is 1. The summed E-state index contributed by atoms with van der Waals surface area (Å²) in [5.41, 5.74) is 2.46. The first-order valence-corrected chi connectivity index (χ1v) is 11.4. The fraction of sp³-hybridized carbons (Fsp3) is 0.182. The van der Waals surface area contributed by atoms with E-state index in [0.717, 1.165) is 17.8 Å². The topological polar surface area (TPSA) is 114 Å². The normalized spacial score (nSPS) is 13.1. The molecule has 12 heteroatoms. The molecule has 4 aromatic rings. The summed E-state index contributed by atoms with van der Waals surface area (Å²) in [4.78, 5) is 12.1. The van der Waals surface area contributed by atoms with Crippen LogP contribution >= 0.6 is 0 Å². The molecule has 0 fully saturated rings. The zero-order valence-corrected chi connectivity index (χ0v) is 18.7. The summed E-state index contributed by atoms with van der Waals surface area (Å²) in [5.74, 6) is 0.409. The van der Waals surface area contributed by atoms with Crippen molar-refractivity contribution >= 4 is 20.9 Å². The van der Waals surface area contributed by atoms with Gasteiger partial charge in [0, 0.05) is 24.0 Å². The number of pyridine rings is 1. The van der Waals surface area contributed by atoms with Crippen LogP contribution in [0.25, 0.3) is 28.1 Å². The molecule has 0 aliphatic heterocycles. The Hall–Kier alpha value is -3.82. The van der Waals surface area contributed by atoms with Gasteiger partial charge in [-0.1, -0.05) is 11.6 Å². The van der Waals surface area contributed by atoms with Gasteiger partial charge in [-0.2, -0.15) is 23.2 Å². The molecule has 8 nitrogen and oxygen atoms in total. The lowest BCUT2D eigenvalue weighted by atomic mass is 10.1. The van der Waals surface area contributed by atoms with Gasteiger partial charge in [0.15, 0.2) is 5.82 Å². The summed E-state index contributed by atoms with van der Waals surface area (Å²) in [6.45, 7) is 2.59. The van der Waals surface area contributed by atoms with Crippen LogP contribution in [0.1, 0.15) is 18.1 Å². The average molecular weight is 486 g/mol. The first-order chi connectivity index (χ1) is 16.0. The number of nitrogens with zero attached hydrogens (tertiary/aromatic N) is 5. The molecule has 34 heavy (non-hydrogen) atoms. The highest BCUT2D eigenvalue weighted by Gasteiger charge is 2.39. The minimum atomic E-state index is -4.74. The summed E-state index contributed by atoms with van der Waals surface area (Å²) in [6.07, 6.45) is 0.702. The molecule has 4 rings (SSSR count). The zero-order chi connectivity index (χ0) is 24.7. The van der Waals surface area contributed by atoms with Gasteiger partial charge < -0.3 is 0 Å². The molecule has 0 radical (unpaired) electrons. The van der Waals surface area contributed by atoms with E-state index in [2.05, 4.69) is 21.0 Å². The van der Waals surface area contributed by atoms with Crippen LogP contribution in [0.15, 0.2) is 60.0 Å². The molecule has 1 atom stereocenters. The number of nitriles is 1. The maximum Gasteiger partial charge on any atom is 0.404 e. The molecule has 0 saturated carbocycles. The molecule has 0 unspecified atom stereocenters. The van der Waals surface area contributed by atoms with Crippen LogP contribution in [0.5, 0.6) is 0 Å². The van der Waals surface area contributed by atoms with Crippen LogP contribution in [-0.2, 0) is 10.0 Å². The van der Waals surface area contributed by atoms with Crippen molar-refractivity contribution in [2.75, 3.05) is 0 Å². The Bertz CT molecular complexity index is 1510. The summed E-state index contributed by atoms with van der Waals surface area (Å²) in [5, 5.41) is 10.6. The van der Waals surface area contributed by atoms with E-state index in [-0.39, 0.29) is 11.3 Å². The first kappa shape index (κ1) is 23.3. The van der Waals surface area contributed by atoms with E-state index in [4.69, 9.17) is 0 Å². The molecule has 0 amide bonds. The Kier molecular flexibility index (Phi) is 5.84. The number of nitrogens with one attached hydrogen (secondary N) is 1. The van der Waals surface area contributed by atoms with Gasteiger partial charge in [-0.3, -0.25) is 14.5 Å². The van der Waals surface area contributed by atoms with Gasteiger partial charge in [0.1, 0.15) is 17.0 Å². The number of halogens is 3. The predicted octanol–water partition coefficient (Wildman–Crippen LogP) is 3.89. The fourth-order valence-electron chi connectivity index (χ4n) is 3.45. The maximum absolute atomic E-state index is 12.8. The Morgan fingerprint density at radius 1 is 1.12 bits per heavy atom. The third kappa shape index (κ3) is 4.23. The van der Waals surface area contributed by atoms with Gasteiger partial charge in [0.05, 0.1) is 28.7 Å². The second-order valence-corrected chi connectivity index (χ2v) is 9.23. The highest BCUT2D eigenvalue weighted by molar-refractivity contribution is 7.89. The summed E-state index contributed by atoms with van der Waals surface area (Å²) >= 11 is 0. The van der Waals surface area contributed by atoms with Crippen LogP contribution in [0.4, 0.5) is 13.2 Å². The van der Waals surface area contributed by atoms with Crippen molar-refractivity contribution in [2.45, 2.75) is 31.0 Å². The van der Waals surface area contributed by atoms with Crippen molar-refractivity contribution in [1.82, 2.24) is 24.2 Å². The Balaban J connectivity index is 1.87. The zero-order valence-electron chi connectivity index (χ0n) is 17.9. The molecular weight excluding hydrogens is 469 g/mol. The molecule has 1 aromatic carbocycles. The van der Waals surface area contributed by atoms with Gasteiger partial charge in [-0.25, -0.2) is 13.4 Å². The van der Waals surface area contributed by atoms with Crippen molar-refractivity contribution in [3.63, 3.8) is 0 Å². The molecule has 0 aliphatic rings. The van der Waals surface area contributed by atoms with E-state index in [0.29, 0.717) is 29.3 Å². The molecule has 3 heterocycles. The van der Waals surface area contributed by atoms with Crippen LogP contribution in [0.2, 0.25) is 0 Å². The number of rotatable bonds is 5. The Morgan fingerprint density at radius 2 is 1.88 bits per heavy atom. The lowest BCUT2D eigenvalue weighted by Gasteiger charge is -2.17. The van der Waals surface area contributed by atoms with Crippen LogP contribution in [0.3, 0.4) is 0 Å². The second-order valence-electron chi connectivity index (χ2n) is 7.52. The number of aromatic nitrogens is 4. The van der Waals surface area contributed by atoms with Crippen molar-refractivity contribution in [3.8, 4) is 23.3 Å². The van der Waals surface area contributed by atoms with E-state index < -0.39 is 27.1 Å². The summed E-state index contributed by atoms with van der Waals surface area (Å²) < 4.78 is 66.5. The number of hydrogen-bond acceptors (Lipinski definition) is 6. The van der Waals surface area contributed by atoms with Gasteiger partial charge in [0.2, 0.25) is 10.0 Å².